The molecule has 2 aromatic carbocycles. The normalized spacial score (nSPS) is 16.3. The molecule has 0 aliphatic carbocycles. The van der Waals surface area contributed by atoms with Crippen LogP contribution in [0, 0.1) is 0 Å². The monoisotopic (exact) mass is 369 g/mol. The summed E-state index contributed by atoms with van der Waals surface area (Å²) in [5.74, 6) is -0.221. The van der Waals surface area contributed by atoms with Gasteiger partial charge in [-0.3, -0.25) is 9.69 Å². The van der Waals surface area contributed by atoms with Crippen molar-refractivity contribution in [2.45, 2.75) is 32.2 Å². The fraction of sp³-hybridized carbons (Fsp3) is 0.381. The summed E-state index contributed by atoms with van der Waals surface area (Å²) < 4.78 is 0. The summed E-state index contributed by atoms with van der Waals surface area (Å²) in [6.45, 7) is 4.12. The lowest BCUT2D eigenvalue weighted by Crippen LogP contribution is -2.42. The molecule has 1 aliphatic rings. The van der Waals surface area contributed by atoms with Gasteiger partial charge in [0.15, 0.2) is 0 Å². The van der Waals surface area contributed by atoms with Gasteiger partial charge in [0.1, 0.15) is 6.23 Å². The maximum atomic E-state index is 12.2. The van der Waals surface area contributed by atoms with E-state index in [9.17, 15) is 15.0 Å². The number of benzene rings is 2. The number of amides is 1. The summed E-state index contributed by atoms with van der Waals surface area (Å²) in [6.07, 6.45) is -0.279. The SMILES string of the molecule is CC(O)Nc1ccc(C(=O)NCC(O)CN2CCc3ccccc3C2)cc1. The molecule has 1 heterocycles. The Hall–Kier alpha value is -2.41. The van der Waals surface area contributed by atoms with Crippen LogP contribution in [0.1, 0.15) is 28.4 Å². The number of nitrogens with zero attached hydrogens (tertiary/aromatic N) is 1. The molecule has 6 nitrogen and oxygen atoms in total. The van der Waals surface area contributed by atoms with E-state index in [1.54, 1.807) is 31.2 Å². The zero-order valence-corrected chi connectivity index (χ0v) is 15.6. The molecule has 1 amide bonds. The molecule has 27 heavy (non-hydrogen) atoms. The van der Waals surface area contributed by atoms with Crippen molar-refractivity contribution in [3.8, 4) is 0 Å². The maximum Gasteiger partial charge on any atom is 0.251 e. The summed E-state index contributed by atoms with van der Waals surface area (Å²) in [5, 5.41) is 25.2. The van der Waals surface area contributed by atoms with E-state index in [4.69, 9.17) is 0 Å². The second kappa shape index (κ2) is 8.99. The van der Waals surface area contributed by atoms with Crippen molar-refractivity contribution in [2.75, 3.05) is 25.0 Å². The van der Waals surface area contributed by atoms with Gasteiger partial charge in [-0.25, -0.2) is 0 Å². The minimum atomic E-state index is -0.651. The standard InChI is InChI=1S/C21H27N3O3/c1-15(25)23-19-8-6-17(7-9-19)21(27)22-12-20(26)14-24-11-10-16-4-2-3-5-18(16)13-24/h2-9,15,20,23,25-26H,10-14H2,1H3,(H,22,27). The first kappa shape index (κ1) is 19.4. The molecule has 2 atom stereocenters. The molecule has 1 aliphatic heterocycles. The highest BCUT2D eigenvalue weighted by Crippen LogP contribution is 2.18. The third-order valence-electron chi connectivity index (χ3n) is 4.70. The lowest BCUT2D eigenvalue weighted by atomic mass is 10.00. The molecule has 0 saturated heterocycles. The number of rotatable bonds is 7. The Morgan fingerprint density at radius 1 is 1.11 bits per heavy atom. The molecule has 6 heteroatoms. The molecule has 144 valence electrons. The van der Waals surface area contributed by atoms with E-state index >= 15 is 0 Å². The van der Waals surface area contributed by atoms with E-state index in [2.05, 4.69) is 33.7 Å². The predicted molar refractivity (Wildman–Crippen MR) is 106 cm³/mol. The number of hydrogen-bond donors (Lipinski definition) is 4. The van der Waals surface area contributed by atoms with Crippen LogP contribution in [0.2, 0.25) is 0 Å². The van der Waals surface area contributed by atoms with Crippen LogP contribution >= 0.6 is 0 Å². The van der Waals surface area contributed by atoms with Crippen LogP contribution in [0.4, 0.5) is 5.69 Å². The Morgan fingerprint density at radius 3 is 2.52 bits per heavy atom. The topological polar surface area (TPSA) is 84.8 Å². The second-order valence-corrected chi connectivity index (χ2v) is 7.02. The number of β-amino-alcohol motifs (C(OH)–C–C–N with tert-alkyl or cyclic N) is 1. The Bertz CT molecular complexity index is 762. The smallest absolute Gasteiger partial charge is 0.251 e. The Morgan fingerprint density at radius 2 is 1.81 bits per heavy atom. The molecule has 0 fully saturated rings. The van der Waals surface area contributed by atoms with Crippen molar-refractivity contribution >= 4 is 11.6 Å². The summed E-state index contributed by atoms with van der Waals surface area (Å²) in [5.41, 5.74) is 3.95. The van der Waals surface area contributed by atoms with Crippen molar-refractivity contribution in [3.63, 3.8) is 0 Å². The number of fused-ring (bicyclic) bond motifs is 1. The van der Waals surface area contributed by atoms with E-state index in [0.29, 0.717) is 12.1 Å². The van der Waals surface area contributed by atoms with E-state index in [-0.39, 0.29) is 12.5 Å². The summed E-state index contributed by atoms with van der Waals surface area (Å²) in [7, 11) is 0. The fourth-order valence-corrected chi connectivity index (χ4v) is 3.34. The zero-order chi connectivity index (χ0) is 19.2. The number of nitrogens with one attached hydrogen (secondary N) is 2. The van der Waals surface area contributed by atoms with Crippen molar-refractivity contribution < 1.29 is 15.0 Å². The first-order chi connectivity index (χ1) is 13.0. The maximum absolute atomic E-state index is 12.2. The van der Waals surface area contributed by atoms with Crippen molar-refractivity contribution in [2.24, 2.45) is 0 Å². The Labute approximate surface area is 159 Å². The molecule has 4 N–H and O–H groups in total. The molecule has 0 bridgehead atoms. The molecule has 2 aromatic rings. The highest BCUT2D eigenvalue weighted by atomic mass is 16.3. The number of aliphatic hydroxyl groups excluding tert-OH is 2. The minimum Gasteiger partial charge on any atom is -0.390 e. The van der Waals surface area contributed by atoms with Crippen molar-refractivity contribution in [3.05, 3.63) is 65.2 Å². The molecule has 0 saturated carbocycles. The second-order valence-electron chi connectivity index (χ2n) is 7.02. The van der Waals surface area contributed by atoms with Crippen LogP contribution in [0.3, 0.4) is 0 Å². The Kier molecular flexibility index (Phi) is 6.45. The number of carbonyl (C=O) groups is 1. The van der Waals surface area contributed by atoms with Gasteiger partial charge >= 0.3 is 0 Å². The van der Waals surface area contributed by atoms with E-state index < -0.39 is 12.3 Å². The number of hydrogen-bond acceptors (Lipinski definition) is 5. The third kappa shape index (κ3) is 5.53. The van der Waals surface area contributed by atoms with Gasteiger partial charge in [-0.1, -0.05) is 24.3 Å². The minimum absolute atomic E-state index is 0.213. The van der Waals surface area contributed by atoms with Crippen LogP contribution in [-0.4, -0.2) is 53.0 Å². The van der Waals surface area contributed by atoms with Crippen LogP contribution in [0.25, 0.3) is 0 Å². The van der Waals surface area contributed by atoms with Crippen molar-refractivity contribution in [1.29, 1.82) is 0 Å². The number of carbonyl (C=O) groups excluding carboxylic acids is 1. The first-order valence-corrected chi connectivity index (χ1v) is 9.31. The van der Waals surface area contributed by atoms with Crippen molar-refractivity contribution in [1.82, 2.24) is 10.2 Å². The zero-order valence-electron chi connectivity index (χ0n) is 15.6. The molecule has 0 aromatic heterocycles. The van der Waals surface area contributed by atoms with Gasteiger partial charge in [0, 0.05) is 37.4 Å². The van der Waals surface area contributed by atoms with Gasteiger partial charge in [-0.15, -0.1) is 0 Å². The average molecular weight is 369 g/mol. The highest BCUT2D eigenvalue weighted by molar-refractivity contribution is 5.94. The quantitative estimate of drug-likeness (QED) is 0.557. The number of anilines is 1. The molecule has 0 radical (unpaired) electrons. The number of aliphatic hydroxyl groups is 2. The van der Waals surface area contributed by atoms with E-state index in [1.807, 2.05) is 6.07 Å². The summed E-state index contributed by atoms with van der Waals surface area (Å²) in [4.78, 5) is 14.5. The van der Waals surface area contributed by atoms with Gasteiger partial charge in [-0.2, -0.15) is 0 Å². The summed E-state index contributed by atoms with van der Waals surface area (Å²) in [6, 6.07) is 15.2. The first-order valence-electron chi connectivity index (χ1n) is 9.31. The summed E-state index contributed by atoms with van der Waals surface area (Å²) >= 11 is 0. The van der Waals surface area contributed by atoms with Gasteiger partial charge in [-0.05, 0) is 48.7 Å². The van der Waals surface area contributed by atoms with Crippen LogP contribution in [0.5, 0.6) is 0 Å². The van der Waals surface area contributed by atoms with Gasteiger partial charge in [0.25, 0.3) is 5.91 Å². The molecule has 3 rings (SSSR count). The molecular formula is C21H27N3O3. The van der Waals surface area contributed by atoms with Crippen LogP contribution in [-0.2, 0) is 13.0 Å². The molecule has 0 spiro atoms. The third-order valence-corrected chi connectivity index (χ3v) is 4.70. The molecule has 2 unspecified atom stereocenters. The highest BCUT2D eigenvalue weighted by Gasteiger charge is 2.18. The largest absolute Gasteiger partial charge is 0.390 e. The van der Waals surface area contributed by atoms with Gasteiger partial charge < -0.3 is 20.8 Å². The van der Waals surface area contributed by atoms with Crippen LogP contribution < -0.4 is 10.6 Å². The van der Waals surface area contributed by atoms with Gasteiger partial charge in [0.05, 0.1) is 6.10 Å². The van der Waals surface area contributed by atoms with E-state index in [1.165, 1.54) is 11.1 Å². The lowest BCUT2D eigenvalue weighted by molar-refractivity contribution is 0.0842. The molecular weight excluding hydrogens is 342 g/mol. The lowest BCUT2D eigenvalue weighted by Gasteiger charge is -2.30. The van der Waals surface area contributed by atoms with E-state index in [0.717, 1.165) is 25.2 Å². The average Bonchev–Trinajstić information content (AvgIpc) is 2.66. The Balaban J connectivity index is 1.45. The predicted octanol–water partition coefficient (Wildman–Crippen LogP) is 1.59. The fourth-order valence-electron chi connectivity index (χ4n) is 3.34. The van der Waals surface area contributed by atoms with Crippen LogP contribution in [0.15, 0.2) is 48.5 Å². The van der Waals surface area contributed by atoms with Gasteiger partial charge in [0.2, 0.25) is 0 Å².